The Bertz CT molecular complexity index is 481. The van der Waals surface area contributed by atoms with Crippen LogP contribution in [0, 0.1) is 23.7 Å². The summed E-state index contributed by atoms with van der Waals surface area (Å²) in [5.41, 5.74) is -0.870. The van der Waals surface area contributed by atoms with Crippen LogP contribution >= 0.6 is 0 Å². The van der Waals surface area contributed by atoms with Gasteiger partial charge in [-0.1, -0.05) is 13.8 Å². The summed E-state index contributed by atoms with van der Waals surface area (Å²) in [6.45, 7) is 5.46. The van der Waals surface area contributed by atoms with Gasteiger partial charge in [0.05, 0.1) is 5.92 Å². The lowest BCUT2D eigenvalue weighted by Gasteiger charge is -2.58. The molecule has 1 spiro atoms. The Hall–Kier alpha value is -0.720. The molecule has 0 aromatic heterocycles. The van der Waals surface area contributed by atoms with Crippen molar-refractivity contribution >= 4 is 5.97 Å². The molecule has 5 fully saturated rings. The summed E-state index contributed by atoms with van der Waals surface area (Å²) in [5.74, 6) is -2.19. The molecule has 0 aromatic carbocycles. The predicted octanol–water partition coefficient (Wildman–Crippen LogP) is 2.34. The minimum atomic E-state index is -0.937. The molecule has 5 nitrogen and oxygen atoms in total. The van der Waals surface area contributed by atoms with Gasteiger partial charge in [-0.2, -0.15) is 0 Å². The van der Waals surface area contributed by atoms with Gasteiger partial charge in [0.15, 0.2) is 5.60 Å². The zero-order chi connectivity index (χ0) is 15.0. The van der Waals surface area contributed by atoms with Crippen molar-refractivity contribution in [1.82, 2.24) is 0 Å². The number of halogens is 1. The molecule has 2 bridgehead atoms. The second kappa shape index (κ2) is 4.18. The highest BCUT2D eigenvalue weighted by Gasteiger charge is 2.71. The minimum Gasteiger partial charge on any atom is -0.432 e. The molecule has 0 aromatic rings. The summed E-state index contributed by atoms with van der Waals surface area (Å²) >= 11 is 0. The molecule has 0 radical (unpaired) electrons. The average Bonchev–Trinajstić information content (AvgIpc) is 2.66. The summed E-state index contributed by atoms with van der Waals surface area (Å²) in [7, 11) is 0. The fraction of sp³-hybridized carbons (Fsp3) is 0.933. The van der Waals surface area contributed by atoms with Crippen molar-refractivity contribution in [2.24, 2.45) is 23.7 Å². The van der Waals surface area contributed by atoms with Gasteiger partial charge in [0.2, 0.25) is 12.1 Å². The second-order valence-corrected chi connectivity index (χ2v) is 7.19. The van der Waals surface area contributed by atoms with Gasteiger partial charge < -0.3 is 9.47 Å². The Morgan fingerprint density at radius 1 is 1.24 bits per heavy atom. The molecule has 0 N–H and O–H groups in total. The highest BCUT2D eigenvalue weighted by Crippen LogP contribution is 2.60. The van der Waals surface area contributed by atoms with E-state index in [1.54, 1.807) is 13.8 Å². The van der Waals surface area contributed by atoms with Crippen LogP contribution in [-0.2, 0) is 24.0 Å². The van der Waals surface area contributed by atoms with Crippen LogP contribution in [0.4, 0.5) is 4.39 Å². The fourth-order valence-corrected chi connectivity index (χ4v) is 4.69. The third-order valence-corrected chi connectivity index (χ3v) is 6.04. The van der Waals surface area contributed by atoms with E-state index in [-0.39, 0.29) is 30.1 Å². The Labute approximate surface area is 123 Å². The molecule has 4 aliphatic heterocycles. The van der Waals surface area contributed by atoms with Crippen LogP contribution in [0.5, 0.6) is 0 Å². The van der Waals surface area contributed by atoms with Crippen LogP contribution in [0.1, 0.15) is 40.0 Å². The molecule has 0 amide bonds. The Morgan fingerprint density at radius 2 is 2.00 bits per heavy atom. The quantitative estimate of drug-likeness (QED) is 0.508. The van der Waals surface area contributed by atoms with E-state index in [1.807, 2.05) is 6.92 Å². The lowest BCUT2D eigenvalue weighted by Crippen LogP contribution is -2.70. The van der Waals surface area contributed by atoms with Crippen LogP contribution < -0.4 is 0 Å². The van der Waals surface area contributed by atoms with Gasteiger partial charge in [-0.05, 0) is 25.7 Å². The van der Waals surface area contributed by atoms with E-state index in [1.165, 1.54) is 0 Å². The van der Waals surface area contributed by atoms with E-state index in [2.05, 4.69) is 0 Å². The van der Waals surface area contributed by atoms with Crippen molar-refractivity contribution in [3.8, 4) is 0 Å². The molecule has 8 atom stereocenters. The predicted molar refractivity (Wildman–Crippen MR) is 68.3 cm³/mol. The maximum atomic E-state index is 14.5. The molecule has 1 saturated carbocycles. The van der Waals surface area contributed by atoms with Crippen molar-refractivity contribution in [1.29, 1.82) is 0 Å². The van der Waals surface area contributed by atoms with Gasteiger partial charge in [0.25, 0.3) is 0 Å². The fourth-order valence-electron chi connectivity index (χ4n) is 4.69. The van der Waals surface area contributed by atoms with E-state index in [4.69, 9.17) is 19.2 Å². The number of esters is 1. The molecular weight excluding hydrogens is 279 g/mol. The molecule has 118 valence electrons. The normalized spacial score (nSPS) is 59.1. The molecule has 5 aliphatic rings. The topological polar surface area (TPSA) is 54.0 Å². The summed E-state index contributed by atoms with van der Waals surface area (Å²) in [4.78, 5) is 23.5. The van der Waals surface area contributed by atoms with E-state index in [0.717, 1.165) is 6.42 Å². The van der Waals surface area contributed by atoms with E-state index in [9.17, 15) is 9.18 Å². The molecule has 21 heavy (non-hydrogen) atoms. The van der Waals surface area contributed by atoms with E-state index < -0.39 is 29.8 Å². The zero-order valence-electron chi connectivity index (χ0n) is 12.5. The minimum absolute atomic E-state index is 0.0730. The summed E-state index contributed by atoms with van der Waals surface area (Å²) in [5, 5.41) is 0. The molecular formula is C15H21FO5. The number of hydrogen-bond donors (Lipinski definition) is 0. The Kier molecular flexibility index (Phi) is 2.77. The summed E-state index contributed by atoms with van der Waals surface area (Å²) in [6, 6.07) is 0. The monoisotopic (exact) mass is 300 g/mol. The Morgan fingerprint density at radius 3 is 2.76 bits per heavy atom. The van der Waals surface area contributed by atoms with Crippen LogP contribution in [0.2, 0.25) is 0 Å². The number of hydrogen-bond acceptors (Lipinski definition) is 5. The number of carbonyl (C=O) groups is 1. The third kappa shape index (κ3) is 1.64. The van der Waals surface area contributed by atoms with E-state index in [0.29, 0.717) is 6.42 Å². The third-order valence-electron chi connectivity index (χ3n) is 6.04. The number of carbonyl (C=O) groups excluding carboxylic acids is 1. The first-order valence-electron chi connectivity index (χ1n) is 7.76. The van der Waals surface area contributed by atoms with Gasteiger partial charge in [0.1, 0.15) is 6.17 Å². The van der Waals surface area contributed by atoms with Crippen LogP contribution in [0.25, 0.3) is 0 Å². The number of rotatable bonds is 0. The van der Waals surface area contributed by atoms with Gasteiger partial charge >= 0.3 is 5.97 Å². The first-order chi connectivity index (χ1) is 9.87. The lowest BCUT2D eigenvalue weighted by atomic mass is 9.57. The van der Waals surface area contributed by atoms with Gasteiger partial charge in [0, 0.05) is 18.3 Å². The lowest BCUT2D eigenvalue weighted by molar-refractivity contribution is -0.560. The van der Waals surface area contributed by atoms with Gasteiger partial charge in [-0.3, -0.25) is 4.79 Å². The zero-order valence-corrected chi connectivity index (χ0v) is 12.5. The SMILES string of the molecule is C[C@@H]1[C@H](F)C[C@H]2[C@@H](C)C(=O)O[C@@H]3O[C@@]4(C)CC[C@@H]1[C@@]32OO4. The smallest absolute Gasteiger partial charge is 0.311 e. The maximum Gasteiger partial charge on any atom is 0.311 e. The molecule has 1 aliphatic carbocycles. The van der Waals surface area contributed by atoms with E-state index >= 15 is 0 Å². The number of alkyl halides is 1. The number of fused-ring (bicyclic) bond motifs is 2. The summed E-state index contributed by atoms with van der Waals surface area (Å²) in [6.07, 6.45) is -0.102. The van der Waals surface area contributed by atoms with Crippen LogP contribution in [-0.4, -0.2) is 29.8 Å². The van der Waals surface area contributed by atoms with Crippen molar-refractivity contribution < 1.29 is 28.4 Å². The van der Waals surface area contributed by atoms with Crippen molar-refractivity contribution in [3.63, 3.8) is 0 Å². The standard InChI is InChI=1S/C15H21FO5/c1-7-9-4-5-14(3)19-13-15(9,21-20-14)10(6-11(7)16)8(2)12(17)18-13/h7-11,13H,4-6H2,1-3H3/t7-,8+,9-,10-,11+,13+,14+,15-/m0/s1. The highest BCUT2D eigenvalue weighted by molar-refractivity contribution is 5.74. The summed E-state index contributed by atoms with van der Waals surface area (Å²) < 4.78 is 25.9. The van der Waals surface area contributed by atoms with Gasteiger partial charge in [-0.15, -0.1) is 0 Å². The molecule has 5 rings (SSSR count). The van der Waals surface area contributed by atoms with Gasteiger partial charge in [-0.25, -0.2) is 14.2 Å². The van der Waals surface area contributed by atoms with Crippen molar-refractivity contribution in [2.45, 2.75) is 63.9 Å². The van der Waals surface area contributed by atoms with Crippen LogP contribution in [0.15, 0.2) is 0 Å². The first-order valence-corrected chi connectivity index (χ1v) is 7.76. The van der Waals surface area contributed by atoms with Crippen molar-refractivity contribution in [3.05, 3.63) is 0 Å². The number of ether oxygens (including phenoxy) is 2. The Balaban J connectivity index is 1.85. The molecule has 4 heterocycles. The first kappa shape index (κ1) is 13.9. The molecule has 6 heteroatoms. The average molecular weight is 300 g/mol. The second-order valence-electron chi connectivity index (χ2n) is 7.19. The molecule has 4 saturated heterocycles. The van der Waals surface area contributed by atoms with Crippen LogP contribution in [0.3, 0.4) is 0 Å². The largest absolute Gasteiger partial charge is 0.432 e. The molecule has 0 unspecified atom stereocenters. The maximum absolute atomic E-state index is 14.5. The highest BCUT2D eigenvalue weighted by atomic mass is 19.1. The van der Waals surface area contributed by atoms with Crippen molar-refractivity contribution in [2.75, 3.05) is 0 Å².